The monoisotopic (exact) mass is 459 g/mol. The number of carbonyl (C=O) groups excluding carboxylic acids is 2. The van der Waals surface area contributed by atoms with Crippen LogP contribution in [-0.2, 0) is 22.4 Å². The molecule has 34 heavy (non-hydrogen) atoms. The summed E-state index contributed by atoms with van der Waals surface area (Å²) < 4.78 is 19.0. The lowest BCUT2D eigenvalue weighted by atomic mass is 10.0. The molecule has 0 fully saturated rings. The van der Waals surface area contributed by atoms with Crippen molar-refractivity contribution in [2.24, 2.45) is 0 Å². The lowest BCUT2D eigenvalue weighted by molar-refractivity contribution is -0.127. The van der Waals surface area contributed by atoms with E-state index in [1.807, 2.05) is 48.5 Å². The molecule has 4 rings (SSSR count). The molecule has 0 spiro atoms. The van der Waals surface area contributed by atoms with Crippen molar-refractivity contribution >= 4 is 28.4 Å². The quantitative estimate of drug-likeness (QED) is 0.414. The van der Waals surface area contributed by atoms with Crippen molar-refractivity contribution < 1.29 is 18.7 Å². The number of fused-ring (bicyclic) bond motifs is 1. The van der Waals surface area contributed by atoms with Crippen molar-refractivity contribution in [1.82, 2.24) is 10.3 Å². The van der Waals surface area contributed by atoms with Gasteiger partial charge in [0.1, 0.15) is 17.6 Å². The van der Waals surface area contributed by atoms with Gasteiger partial charge in [-0.15, -0.1) is 0 Å². The van der Waals surface area contributed by atoms with Crippen LogP contribution in [0, 0.1) is 5.82 Å². The van der Waals surface area contributed by atoms with Crippen LogP contribution in [0.4, 0.5) is 10.1 Å². The Labute approximate surface area is 197 Å². The molecule has 174 valence electrons. The molecule has 0 saturated heterocycles. The molecule has 2 N–H and O–H groups in total. The van der Waals surface area contributed by atoms with E-state index in [2.05, 4.69) is 10.3 Å². The normalized spacial score (nSPS) is 11.7. The lowest BCUT2D eigenvalue weighted by Gasteiger charge is -2.25. The summed E-state index contributed by atoms with van der Waals surface area (Å²) >= 11 is 0. The van der Waals surface area contributed by atoms with E-state index in [4.69, 9.17) is 4.74 Å². The standard InChI is InChI=1S/C27H26FN3O3/c1-31(21-10-6-9-20(28)15-21)27(33)25(13-18-7-4-3-5-8-18)30-26(32)14-19-17-29-24-12-11-22(34-2)16-23(19)24/h3-12,15-17,25,29H,13-14H2,1-2H3,(H,30,32)/t25-/m0/s1. The van der Waals surface area contributed by atoms with Gasteiger partial charge >= 0.3 is 0 Å². The van der Waals surface area contributed by atoms with Crippen LogP contribution in [0.1, 0.15) is 11.1 Å². The first-order valence-electron chi connectivity index (χ1n) is 10.9. The molecule has 0 aliphatic rings. The molecule has 0 aliphatic heterocycles. The van der Waals surface area contributed by atoms with Crippen molar-refractivity contribution in [1.29, 1.82) is 0 Å². The maximum absolute atomic E-state index is 13.7. The second-order valence-corrected chi connectivity index (χ2v) is 8.09. The fraction of sp³-hybridized carbons (Fsp3) is 0.185. The van der Waals surface area contributed by atoms with Crippen LogP contribution >= 0.6 is 0 Å². The number of rotatable bonds is 8. The summed E-state index contributed by atoms with van der Waals surface area (Å²) in [5, 5.41) is 3.78. The van der Waals surface area contributed by atoms with Gasteiger partial charge in [0.2, 0.25) is 11.8 Å². The van der Waals surface area contributed by atoms with Gasteiger partial charge in [0.15, 0.2) is 0 Å². The summed E-state index contributed by atoms with van der Waals surface area (Å²) in [5.41, 5.74) is 3.02. The number of ether oxygens (including phenoxy) is 1. The number of halogens is 1. The molecule has 0 bridgehead atoms. The zero-order valence-corrected chi connectivity index (χ0v) is 19.0. The number of hydrogen-bond acceptors (Lipinski definition) is 3. The predicted molar refractivity (Wildman–Crippen MR) is 130 cm³/mol. The van der Waals surface area contributed by atoms with E-state index in [0.717, 1.165) is 22.0 Å². The second-order valence-electron chi connectivity index (χ2n) is 8.09. The van der Waals surface area contributed by atoms with Gasteiger partial charge in [-0.3, -0.25) is 9.59 Å². The highest BCUT2D eigenvalue weighted by Crippen LogP contribution is 2.24. The second kappa shape index (κ2) is 10.2. The van der Waals surface area contributed by atoms with E-state index >= 15 is 0 Å². The van der Waals surface area contributed by atoms with Crippen LogP contribution in [-0.4, -0.2) is 37.0 Å². The van der Waals surface area contributed by atoms with E-state index in [9.17, 15) is 14.0 Å². The van der Waals surface area contributed by atoms with Crippen LogP contribution in [0.3, 0.4) is 0 Å². The number of nitrogens with zero attached hydrogens (tertiary/aromatic N) is 1. The van der Waals surface area contributed by atoms with Gasteiger partial charge in [-0.05, 0) is 47.5 Å². The molecule has 7 heteroatoms. The number of carbonyl (C=O) groups is 2. The van der Waals surface area contributed by atoms with Gasteiger partial charge in [0.25, 0.3) is 0 Å². The Kier molecular flexibility index (Phi) is 6.92. The van der Waals surface area contributed by atoms with Gasteiger partial charge in [-0.2, -0.15) is 0 Å². The van der Waals surface area contributed by atoms with E-state index in [1.165, 1.54) is 17.0 Å². The smallest absolute Gasteiger partial charge is 0.249 e. The molecule has 6 nitrogen and oxygen atoms in total. The number of benzene rings is 3. The Balaban J connectivity index is 1.55. The maximum atomic E-state index is 13.7. The van der Waals surface area contributed by atoms with E-state index in [1.54, 1.807) is 32.5 Å². The van der Waals surface area contributed by atoms with Crippen LogP contribution in [0.15, 0.2) is 79.0 Å². The third-order valence-corrected chi connectivity index (χ3v) is 5.77. The highest BCUT2D eigenvalue weighted by molar-refractivity contribution is 5.99. The summed E-state index contributed by atoms with van der Waals surface area (Å²) in [6, 6.07) is 20.1. The van der Waals surface area contributed by atoms with Crippen molar-refractivity contribution in [3.05, 3.63) is 95.9 Å². The zero-order valence-electron chi connectivity index (χ0n) is 19.0. The number of likely N-dealkylation sites (N-methyl/N-ethyl adjacent to an activating group) is 1. The number of anilines is 1. The van der Waals surface area contributed by atoms with E-state index < -0.39 is 11.9 Å². The zero-order chi connectivity index (χ0) is 24.1. The molecular weight excluding hydrogens is 433 g/mol. The number of aromatic nitrogens is 1. The Morgan fingerprint density at radius 3 is 2.59 bits per heavy atom. The van der Waals surface area contributed by atoms with Crippen molar-refractivity contribution in [2.75, 3.05) is 19.1 Å². The predicted octanol–water partition coefficient (Wildman–Crippen LogP) is 4.25. The Bertz CT molecular complexity index is 1300. The molecular formula is C27H26FN3O3. The van der Waals surface area contributed by atoms with Crippen LogP contribution < -0.4 is 15.0 Å². The molecule has 1 aromatic heterocycles. The summed E-state index contributed by atoms with van der Waals surface area (Å²) in [7, 11) is 3.17. The number of aromatic amines is 1. The molecule has 3 aromatic carbocycles. The highest BCUT2D eigenvalue weighted by atomic mass is 19.1. The Hall–Kier alpha value is -4.13. The van der Waals surface area contributed by atoms with Crippen LogP contribution in [0.5, 0.6) is 5.75 Å². The van der Waals surface area contributed by atoms with Gasteiger partial charge in [0.05, 0.1) is 13.5 Å². The molecule has 0 unspecified atom stereocenters. The fourth-order valence-corrected chi connectivity index (χ4v) is 3.94. The molecule has 1 heterocycles. The van der Waals surface area contributed by atoms with Crippen molar-refractivity contribution in [3.63, 3.8) is 0 Å². The first-order valence-corrected chi connectivity index (χ1v) is 10.9. The average molecular weight is 460 g/mol. The largest absolute Gasteiger partial charge is 0.497 e. The maximum Gasteiger partial charge on any atom is 0.249 e. The minimum Gasteiger partial charge on any atom is -0.497 e. The average Bonchev–Trinajstić information content (AvgIpc) is 3.25. The molecule has 0 saturated carbocycles. The number of nitrogens with one attached hydrogen (secondary N) is 2. The number of methoxy groups -OCH3 is 1. The highest BCUT2D eigenvalue weighted by Gasteiger charge is 2.26. The molecule has 0 radical (unpaired) electrons. The van der Waals surface area contributed by atoms with E-state index in [-0.39, 0.29) is 18.2 Å². The summed E-state index contributed by atoms with van der Waals surface area (Å²) in [4.78, 5) is 30.9. The Morgan fingerprint density at radius 2 is 1.85 bits per heavy atom. The third-order valence-electron chi connectivity index (χ3n) is 5.77. The minimum absolute atomic E-state index is 0.0927. The number of H-pyrrole nitrogens is 1. The van der Waals surface area contributed by atoms with Gasteiger partial charge in [-0.1, -0.05) is 36.4 Å². The molecule has 4 aromatic rings. The molecule has 1 atom stereocenters. The third kappa shape index (κ3) is 5.26. The first-order chi connectivity index (χ1) is 16.4. The lowest BCUT2D eigenvalue weighted by Crippen LogP contribution is -2.49. The van der Waals surface area contributed by atoms with Gasteiger partial charge in [0, 0.05) is 36.3 Å². The molecule has 2 amide bonds. The minimum atomic E-state index is -0.817. The van der Waals surface area contributed by atoms with Gasteiger partial charge in [-0.25, -0.2) is 4.39 Å². The van der Waals surface area contributed by atoms with Gasteiger partial charge < -0.3 is 19.9 Å². The van der Waals surface area contributed by atoms with Crippen molar-refractivity contribution in [2.45, 2.75) is 18.9 Å². The summed E-state index contributed by atoms with van der Waals surface area (Å²) in [6.07, 6.45) is 2.19. The number of hydrogen-bond donors (Lipinski definition) is 2. The topological polar surface area (TPSA) is 74.4 Å². The molecule has 0 aliphatic carbocycles. The van der Waals surface area contributed by atoms with Crippen molar-refractivity contribution in [3.8, 4) is 5.75 Å². The number of amides is 2. The van der Waals surface area contributed by atoms with Crippen LogP contribution in [0.25, 0.3) is 10.9 Å². The Morgan fingerprint density at radius 1 is 1.06 bits per heavy atom. The fourth-order valence-electron chi connectivity index (χ4n) is 3.94. The SMILES string of the molecule is COc1ccc2[nH]cc(CC(=O)N[C@@H](Cc3ccccc3)C(=O)N(C)c3cccc(F)c3)c2c1. The summed E-state index contributed by atoms with van der Waals surface area (Å²) in [5.74, 6) is -0.354. The van der Waals surface area contributed by atoms with Crippen LogP contribution in [0.2, 0.25) is 0 Å². The first kappa shape index (κ1) is 23.0. The summed E-state index contributed by atoms with van der Waals surface area (Å²) in [6.45, 7) is 0. The van der Waals surface area contributed by atoms with E-state index in [0.29, 0.717) is 17.9 Å².